The number of carbonyl (C=O) groups excluding carboxylic acids is 1. The van der Waals surface area contributed by atoms with E-state index in [1.165, 1.54) is 16.9 Å². The summed E-state index contributed by atoms with van der Waals surface area (Å²) in [5.74, 6) is -0.569. The van der Waals surface area contributed by atoms with Crippen molar-refractivity contribution < 1.29 is 22.4 Å². The SMILES string of the molecule is Cc1ncc(-c2cc(C)n3ncc(C(=O)N[C@@H](C4CC4)C(F)(F)F)c3n2)o1. The number of carbonyl (C=O) groups is 1. The molecule has 3 aromatic rings. The largest absolute Gasteiger partial charge is 0.439 e. The van der Waals surface area contributed by atoms with Gasteiger partial charge < -0.3 is 9.73 Å². The van der Waals surface area contributed by atoms with Gasteiger partial charge in [-0.15, -0.1) is 0 Å². The van der Waals surface area contributed by atoms with Crippen LogP contribution < -0.4 is 5.32 Å². The Bertz CT molecular complexity index is 1020. The van der Waals surface area contributed by atoms with Crippen molar-refractivity contribution in [1.82, 2.24) is 24.9 Å². The van der Waals surface area contributed by atoms with Crippen LogP contribution in [-0.4, -0.2) is 37.7 Å². The van der Waals surface area contributed by atoms with Gasteiger partial charge in [0.2, 0.25) is 0 Å². The van der Waals surface area contributed by atoms with Gasteiger partial charge in [-0.05, 0) is 31.7 Å². The molecule has 1 atom stereocenters. The Kier molecular flexibility index (Phi) is 3.93. The number of fused-ring (bicyclic) bond motifs is 1. The zero-order chi connectivity index (χ0) is 19.3. The van der Waals surface area contributed by atoms with Gasteiger partial charge in [0.05, 0.1) is 12.4 Å². The van der Waals surface area contributed by atoms with E-state index in [2.05, 4.69) is 20.4 Å². The van der Waals surface area contributed by atoms with E-state index in [1.807, 2.05) is 0 Å². The third-order valence-electron chi connectivity index (χ3n) is 4.50. The minimum atomic E-state index is -4.49. The maximum absolute atomic E-state index is 13.2. The molecule has 1 saturated carbocycles. The minimum Gasteiger partial charge on any atom is -0.439 e. The lowest BCUT2D eigenvalue weighted by Gasteiger charge is -2.20. The predicted molar refractivity (Wildman–Crippen MR) is 88.0 cm³/mol. The lowest BCUT2D eigenvalue weighted by molar-refractivity contribution is -0.158. The summed E-state index contributed by atoms with van der Waals surface area (Å²) >= 11 is 0. The van der Waals surface area contributed by atoms with Crippen LogP contribution in [0.3, 0.4) is 0 Å². The molecule has 1 N–H and O–H groups in total. The van der Waals surface area contributed by atoms with Crippen molar-refractivity contribution in [3.63, 3.8) is 0 Å². The Morgan fingerprint density at radius 2 is 2.07 bits per heavy atom. The third-order valence-corrected chi connectivity index (χ3v) is 4.50. The number of hydrogen-bond acceptors (Lipinski definition) is 5. The summed E-state index contributed by atoms with van der Waals surface area (Å²) in [6, 6.07) is -0.161. The molecule has 1 aliphatic rings. The average Bonchev–Trinajstić information content (AvgIpc) is 3.17. The number of aromatic nitrogens is 4. The number of nitrogens with zero attached hydrogens (tertiary/aromatic N) is 4. The van der Waals surface area contributed by atoms with Crippen molar-refractivity contribution >= 4 is 11.6 Å². The van der Waals surface area contributed by atoms with Crippen molar-refractivity contribution in [2.45, 2.75) is 38.9 Å². The van der Waals surface area contributed by atoms with E-state index < -0.39 is 24.0 Å². The highest BCUT2D eigenvalue weighted by Crippen LogP contribution is 2.40. The van der Waals surface area contributed by atoms with E-state index in [0.717, 1.165) is 0 Å². The van der Waals surface area contributed by atoms with Crippen LogP contribution in [0.4, 0.5) is 13.2 Å². The van der Waals surface area contributed by atoms with Crippen LogP contribution in [0, 0.1) is 19.8 Å². The van der Waals surface area contributed by atoms with Crippen molar-refractivity contribution in [3.05, 3.63) is 35.6 Å². The zero-order valence-electron chi connectivity index (χ0n) is 14.5. The van der Waals surface area contributed by atoms with Gasteiger partial charge in [0, 0.05) is 12.6 Å². The van der Waals surface area contributed by atoms with Crippen LogP contribution in [0.5, 0.6) is 0 Å². The van der Waals surface area contributed by atoms with E-state index in [4.69, 9.17) is 4.42 Å². The second-order valence-corrected chi connectivity index (χ2v) is 6.65. The molecule has 10 heteroatoms. The molecule has 0 saturated heterocycles. The van der Waals surface area contributed by atoms with Gasteiger partial charge in [-0.25, -0.2) is 14.5 Å². The normalized spacial score (nSPS) is 15.9. The summed E-state index contributed by atoms with van der Waals surface area (Å²) < 4.78 is 46.5. The molecule has 27 heavy (non-hydrogen) atoms. The molecule has 0 aliphatic heterocycles. The fourth-order valence-electron chi connectivity index (χ4n) is 2.99. The van der Waals surface area contributed by atoms with E-state index in [9.17, 15) is 18.0 Å². The van der Waals surface area contributed by atoms with E-state index in [-0.39, 0.29) is 11.2 Å². The summed E-state index contributed by atoms with van der Waals surface area (Å²) in [6.07, 6.45) is -0.875. The van der Waals surface area contributed by atoms with Crippen molar-refractivity contribution in [2.24, 2.45) is 5.92 Å². The highest BCUT2D eigenvalue weighted by molar-refractivity contribution is 6.00. The lowest BCUT2D eigenvalue weighted by atomic mass is 10.1. The quantitative estimate of drug-likeness (QED) is 0.753. The van der Waals surface area contributed by atoms with Gasteiger partial charge in [0.15, 0.2) is 17.3 Å². The summed E-state index contributed by atoms with van der Waals surface area (Å²) in [5.41, 5.74) is 1.21. The number of halogens is 3. The van der Waals surface area contributed by atoms with Gasteiger partial charge in [-0.1, -0.05) is 0 Å². The molecule has 3 aromatic heterocycles. The van der Waals surface area contributed by atoms with Crippen LogP contribution >= 0.6 is 0 Å². The fourth-order valence-corrected chi connectivity index (χ4v) is 2.99. The molecule has 0 aromatic carbocycles. The molecular formula is C17H16F3N5O2. The van der Waals surface area contributed by atoms with Crippen molar-refractivity contribution in [1.29, 1.82) is 0 Å². The molecule has 1 aliphatic carbocycles. The van der Waals surface area contributed by atoms with Gasteiger partial charge in [0.1, 0.15) is 17.3 Å². The van der Waals surface area contributed by atoms with E-state index >= 15 is 0 Å². The number of oxazole rings is 1. The van der Waals surface area contributed by atoms with Crippen LogP contribution in [0.1, 0.15) is 34.8 Å². The molecule has 0 spiro atoms. The first-order valence-corrected chi connectivity index (χ1v) is 8.40. The highest BCUT2D eigenvalue weighted by Gasteiger charge is 2.49. The van der Waals surface area contributed by atoms with Crippen molar-refractivity contribution in [2.75, 3.05) is 0 Å². The second kappa shape index (κ2) is 6.07. The summed E-state index contributed by atoms with van der Waals surface area (Å²) in [7, 11) is 0. The Morgan fingerprint density at radius 1 is 1.33 bits per heavy atom. The molecule has 142 valence electrons. The average molecular weight is 379 g/mol. The number of alkyl halides is 3. The van der Waals surface area contributed by atoms with Gasteiger partial charge in [0.25, 0.3) is 5.91 Å². The third kappa shape index (κ3) is 3.26. The number of aryl methyl sites for hydroxylation is 2. The summed E-state index contributed by atoms with van der Waals surface area (Å²) in [4.78, 5) is 20.9. The van der Waals surface area contributed by atoms with Gasteiger partial charge >= 0.3 is 6.18 Å². The van der Waals surface area contributed by atoms with Gasteiger partial charge in [-0.2, -0.15) is 18.3 Å². The van der Waals surface area contributed by atoms with Crippen LogP contribution in [0.25, 0.3) is 17.1 Å². The van der Waals surface area contributed by atoms with Crippen LogP contribution in [0.2, 0.25) is 0 Å². The Labute approximate surface area is 151 Å². The molecule has 0 bridgehead atoms. The molecule has 7 nitrogen and oxygen atoms in total. The van der Waals surface area contributed by atoms with Crippen molar-refractivity contribution in [3.8, 4) is 11.5 Å². The topological polar surface area (TPSA) is 85.3 Å². The number of nitrogens with one attached hydrogen (secondary N) is 1. The Hall–Kier alpha value is -2.91. The standard InChI is InChI=1S/C17H16F3N5O2/c1-8-5-12(13-7-21-9(2)27-13)23-15-11(6-22-25(8)15)16(26)24-14(10-3-4-10)17(18,19)20/h5-7,10,14H,3-4H2,1-2H3,(H,24,26)/t14-/m0/s1. The maximum atomic E-state index is 13.2. The number of rotatable bonds is 4. The lowest BCUT2D eigenvalue weighted by Crippen LogP contribution is -2.46. The first kappa shape index (κ1) is 17.5. The Morgan fingerprint density at radius 3 is 2.67 bits per heavy atom. The second-order valence-electron chi connectivity index (χ2n) is 6.65. The smallest absolute Gasteiger partial charge is 0.408 e. The zero-order valence-corrected chi connectivity index (χ0v) is 14.5. The highest BCUT2D eigenvalue weighted by atomic mass is 19.4. The monoisotopic (exact) mass is 379 g/mol. The number of amides is 1. The molecule has 4 rings (SSSR count). The fraction of sp³-hybridized carbons (Fsp3) is 0.412. The molecule has 3 heterocycles. The van der Waals surface area contributed by atoms with E-state index in [1.54, 1.807) is 19.9 Å². The van der Waals surface area contributed by atoms with Crippen LogP contribution in [-0.2, 0) is 0 Å². The molecular weight excluding hydrogens is 363 g/mol. The summed E-state index contributed by atoms with van der Waals surface area (Å²) in [5, 5.41) is 6.18. The first-order chi connectivity index (χ1) is 12.7. The summed E-state index contributed by atoms with van der Waals surface area (Å²) in [6.45, 7) is 3.43. The van der Waals surface area contributed by atoms with Crippen LogP contribution in [0.15, 0.2) is 22.9 Å². The molecule has 0 radical (unpaired) electrons. The maximum Gasteiger partial charge on any atom is 0.408 e. The minimum absolute atomic E-state index is 0.0221. The Balaban J connectivity index is 1.71. The number of hydrogen-bond donors (Lipinski definition) is 1. The first-order valence-electron chi connectivity index (χ1n) is 8.40. The molecule has 1 fully saturated rings. The molecule has 1 amide bonds. The van der Waals surface area contributed by atoms with E-state index in [0.29, 0.717) is 35.9 Å². The molecule has 0 unspecified atom stereocenters. The van der Waals surface area contributed by atoms with Gasteiger partial charge in [-0.3, -0.25) is 4.79 Å². The predicted octanol–water partition coefficient (Wildman–Crippen LogP) is 3.07.